The molecule has 0 aromatic carbocycles. The molecule has 1 rings (SSSR count). The largest absolute Gasteiger partial charge is 0.414 e. The third-order valence-electron chi connectivity index (χ3n) is 1.96. The summed E-state index contributed by atoms with van der Waals surface area (Å²) in [5, 5.41) is 3.56. The van der Waals surface area contributed by atoms with Gasteiger partial charge in [0, 0.05) is 0 Å². The number of hydrogen-bond donors (Lipinski definition) is 1. The monoisotopic (exact) mass is 253 g/mol. The van der Waals surface area contributed by atoms with Crippen molar-refractivity contribution >= 4 is 0 Å². The zero-order valence-electron chi connectivity index (χ0n) is 9.71. The highest BCUT2D eigenvalue weighted by atomic mass is 19.4. The predicted molar refractivity (Wildman–Crippen MR) is 51.8 cm³/mol. The molecule has 0 saturated heterocycles. The minimum absolute atomic E-state index is 0.0328. The zero-order valence-corrected chi connectivity index (χ0v) is 9.71. The average Bonchev–Trinajstić information content (AvgIpc) is 2.59. The molecule has 1 atom stereocenters. The third kappa shape index (κ3) is 3.97. The Balaban J connectivity index is 2.57. The number of aromatic nitrogens is 2. The van der Waals surface area contributed by atoms with Crippen molar-refractivity contribution in [1.29, 1.82) is 0 Å². The molecule has 8 heteroatoms. The van der Waals surface area contributed by atoms with Crippen LogP contribution in [0.3, 0.4) is 0 Å². The van der Waals surface area contributed by atoms with Crippen LogP contribution in [0.1, 0.15) is 32.5 Å². The van der Waals surface area contributed by atoms with E-state index in [1.165, 1.54) is 0 Å². The van der Waals surface area contributed by atoms with Crippen LogP contribution in [-0.4, -0.2) is 22.4 Å². The number of halogens is 3. The quantitative estimate of drug-likeness (QED) is 0.884. The minimum atomic E-state index is -4.41. The Morgan fingerprint density at radius 2 is 2.00 bits per heavy atom. The smallest absolute Gasteiger partial charge is 0.359 e. The molecule has 0 aliphatic carbocycles. The number of hydrogen-bond acceptors (Lipinski definition) is 5. The van der Waals surface area contributed by atoms with Crippen LogP contribution < -0.4 is 5.73 Å². The molecule has 0 aliphatic heterocycles. The summed E-state index contributed by atoms with van der Waals surface area (Å²) in [6.45, 7) is 3.82. The molecule has 5 nitrogen and oxygen atoms in total. The summed E-state index contributed by atoms with van der Waals surface area (Å²) in [5.74, 6) is 0.186. The number of nitrogens with two attached hydrogens (primary N) is 1. The summed E-state index contributed by atoms with van der Waals surface area (Å²) in [6.07, 6.45) is -6.29. The van der Waals surface area contributed by atoms with Crippen molar-refractivity contribution in [2.75, 3.05) is 0 Å². The van der Waals surface area contributed by atoms with Crippen LogP contribution in [-0.2, 0) is 16.9 Å². The standard InChI is InChI=1S/C9H14F3N3O2/c1-5(9(10,11)12)16-4-6-14-7(15-17-6)8(2,3)13/h5H,4,13H2,1-3H3. The summed E-state index contributed by atoms with van der Waals surface area (Å²) >= 11 is 0. The van der Waals surface area contributed by atoms with E-state index in [0.29, 0.717) is 0 Å². The Morgan fingerprint density at radius 1 is 1.41 bits per heavy atom. The highest BCUT2D eigenvalue weighted by Crippen LogP contribution is 2.23. The van der Waals surface area contributed by atoms with Gasteiger partial charge in [0.15, 0.2) is 11.9 Å². The Kier molecular flexibility index (Phi) is 3.78. The molecule has 17 heavy (non-hydrogen) atoms. The summed E-state index contributed by atoms with van der Waals surface area (Å²) in [5.41, 5.74) is 4.88. The fourth-order valence-corrected chi connectivity index (χ4v) is 0.866. The van der Waals surface area contributed by atoms with E-state index in [1.807, 2.05) is 0 Å². The zero-order chi connectivity index (χ0) is 13.3. The lowest BCUT2D eigenvalue weighted by Gasteiger charge is -2.14. The van der Waals surface area contributed by atoms with E-state index >= 15 is 0 Å². The van der Waals surface area contributed by atoms with Gasteiger partial charge in [0.25, 0.3) is 5.89 Å². The third-order valence-corrected chi connectivity index (χ3v) is 1.96. The summed E-state index contributed by atoms with van der Waals surface area (Å²) in [7, 11) is 0. The SMILES string of the molecule is CC(OCc1nc(C(C)(C)N)no1)C(F)(F)F. The Hall–Kier alpha value is -1.15. The molecular weight excluding hydrogens is 239 g/mol. The van der Waals surface area contributed by atoms with Crippen molar-refractivity contribution in [3.8, 4) is 0 Å². The Labute approximate surface area is 96.1 Å². The lowest BCUT2D eigenvalue weighted by atomic mass is 10.1. The van der Waals surface area contributed by atoms with E-state index in [2.05, 4.69) is 14.9 Å². The maximum absolute atomic E-state index is 12.1. The highest BCUT2D eigenvalue weighted by molar-refractivity contribution is 4.98. The van der Waals surface area contributed by atoms with Gasteiger partial charge in [0.1, 0.15) is 6.61 Å². The first-order chi connectivity index (χ1) is 7.60. The summed E-state index contributed by atoms with van der Waals surface area (Å²) in [6, 6.07) is 0. The second kappa shape index (κ2) is 4.61. The first-order valence-electron chi connectivity index (χ1n) is 4.91. The van der Waals surface area contributed by atoms with Crippen molar-refractivity contribution in [3.63, 3.8) is 0 Å². The fraction of sp³-hybridized carbons (Fsp3) is 0.778. The summed E-state index contributed by atoms with van der Waals surface area (Å²) in [4.78, 5) is 3.84. The first kappa shape index (κ1) is 13.9. The predicted octanol–water partition coefficient (Wildman–Crippen LogP) is 1.73. The highest BCUT2D eigenvalue weighted by Gasteiger charge is 2.37. The fourth-order valence-electron chi connectivity index (χ4n) is 0.866. The van der Waals surface area contributed by atoms with Crippen LogP contribution in [0.15, 0.2) is 4.52 Å². The Morgan fingerprint density at radius 3 is 2.41 bits per heavy atom. The maximum atomic E-state index is 12.1. The van der Waals surface area contributed by atoms with E-state index in [-0.39, 0.29) is 11.7 Å². The van der Waals surface area contributed by atoms with E-state index in [0.717, 1.165) is 6.92 Å². The van der Waals surface area contributed by atoms with E-state index in [4.69, 9.17) is 10.3 Å². The van der Waals surface area contributed by atoms with Crippen molar-refractivity contribution in [3.05, 3.63) is 11.7 Å². The molecule has 2 N–H and O–H groups in total. The maximum Gasteiger partial charge on any atom is 0.414 e. The molecule has 0 aliphatic rings. The van der Waals surface area contributed by atoms with Gasteiger partial charge in [-0.25, -0.2) is 0 Å². The van der Waals surface area contributed by atoms with Gasteiger partial charge in [-0.15, -0.1) is 0 Å². The topological polar surface area (TPSA) is 74.2 Å². The molecule has 0 radical (unpaired) electrons. The molecule has 1 heterocycles. The number of alkyl halides is 3. The van der Waals surface area contributed by atoms with Crippen LogP contribution in [0.2, 0.25) is 0 Å². The molecule has 0 amide bonds. The van der Waals surface area contributed by atoms with Crippen LogP contribution >= 0.6 is 0 Å². The molecule has 0 bridgehead atoms. The second-order valence-corrected chi connectivity index (χ2v) is 4.23. The van der Waals surface area contributed by atoms with Gasteiger partial charge in [-0.1, -0.05) is 5.16 Å². The van der Waals surface area contributed by atoms with E-state index < -0.39 is 24.4 Å². The van der Waals surface area contributed by atoms with Crippen LogP contribution in [0.5, 0.6) is 0 Å². The van der Waals surface area contributed by atoms with Crippen molar-refractivity contribution in [1.82, 2.24) is 10.1 Å². The van der Waals surface area contributed by atoms with Crippen LogP contribution in [0.4, 0.5) is 13.2 Å². The van der Waals surface area contributed by atoms with Gasteiger partial charge in [0.2, 0.25) is 0 Å². The molecule has 0 spiro atoms. The molecule has 98 valence electrons. The molecule has 1 aromatic heterocycles. The lowest BCUT2D eigenvalue weighted by Crippen LogP contribution is -2.30. The van der Waals surface area contributed by atoms with Gasteiger partial charge >= 0.3 is 6.18 Å². The lowest BCUT2D eigenvalue weighted by molar-refractivity contribution is -0.218. The van der Waals surface area contributed by atoms with Gasteiger partial charge in [-0.05, 0) is 20.8 Å². The molecule has 1 aromatic rings. The second-order valence-electron chi connectivity index (χ2n) is 4.23. The molecular formula is C9H14F3N3O2. The first-order valence-corrected chi connectivity index (χ1v) is 4.91. The number of nitrogens with zero attached hydrogens (tertiary/aromatic N) is 2. The number of rotatable bonds is 4. The van der Waals surface area contributed by atoms with E-state index in [1.54, 1.807) is 13.8 Å². The van der Waals surface area contributed by atoms with Gasteiger partial charge in [-0.3, -0.25) is 0 Å². The molecule has 0 saturated carbocycles. The van der Waals surface area contributed by atoms with Crippen molar-refractivity contribution in [2.45, 2.75) is 45.2 Å². The Bertz CT molecular complexity index is 370. The van der Waals surface area contributed by atoms with Crippen molar-refractivity contribution < 1.29 is 22.4 Å². The molecule has 0 fully saturated rings. The van der Waals surface area contributed by atoms with Gasteiger partial charge in [-0.2, -0.15) is 18.2 Å². The average molecular weight is 253 g/mol. The molecule has 1 unspecified atom stereocenters. The van der Waals surface area contributed by atoms with E-state index in [9.17, 15) is 13.2 Å². The summed E-state index contributed by atoms with van der Waals surface area (Å²) < 4.78 is 45.7. The normalized spacial score (nSPS) is 15.0. The van der Waals surface area contributed by atoms with Crippen LogP contribution in [0.25, 0.3) is 0 Å². The van der Waals surface area contributed by atoms with Crippen LogP contribution in [0, 0.1) is 0 Å². The number of ether oxygens (including phenoxy) is 1. The van der Waals surface area contributed by atoms with Gasteiger partial charge in [0.05, 0.1) is 5.54 Å². The minimum Gasteiger partial charge on any atom is -0.359 e. The van der Waals surface area contributed by atoms with Crippen molar-refractivity contribution in [2.24, 2.45) is 5.73 Å². The van der Waals surface area contributed by atoms with Gasteiger partial charge < -0.3 is 15.0 Å².